The van der Waals surface area contributed by atoms with Crippen molar-refractivity contribution in [2.45, 2.75) is 46.1 Å². The maximum atomic E-state index is 13.0. The molecule has 2 aromatic heterocycles. The Hall–Kier alpha value is -1.43. The lowest BCUT2D eigenvalue weighted by atomic mass is 9.65. The van der Waals surface area contributed by atoms with E-state index in [0.717, 1.165) is 23.9 Å². The number of rotatable bonds is 1. The lowest BCUT2D eigenvalue weighted by Gasteiger charge is -2.39. The number of likely N-dealkylation sites (tertiary alicyclic amines) is 1. The Kier molecular flexibility index (Phi) is 3.15. The molecule has 1 aliphatic heterocycles. The van der Waals surface area contributed by atoms with Gasteiger partial charge < -0.3 is 4.90 Å². The average Bonchev–Trinajstić information content (AvgIpc) is 2.94. The highest BCUT2D eigenvalue weighted by Gasteiger charge is 2.51. The number of carbonyl (C=O) groups excluding carboxylic acids is 1. The summed E-state index contributed by atoms with van der Waals surface area (Å²) in [5, 5.41) is 4.42. The van der Waals surface area contributed by atoms with Crippen molar-refractivity contribution in [3.05, 3.63) is 28.6 Å². The lowest BCUT2D eigenvalue weighted by Crippen LogP contribution is -2.37. The van der Waals surface area contributed by atoms with E-state index in [1.54, 1.807) is 16.8 Å². The molecule has 5 nitrogen and oxygen atoms in total. The third-order valence-electron chi connectivity index (χ3n) is 5.18. The topological polar surface area (TPSA) is 50.5 Å². The van der Waals surface area contributed by atoms with Crippen LogP contribution < -0.4 is 0 Å². The molecule has 2 bridgehead atoms. The number of aromatic nitrogens is 3. The predicted molar refractivity (Wildman–Crippen MR) is 91.3 cm³/mol. The molecule has 0 unspecified atom stereocenters. The number of hydrogen-bond acceptors (Lipinski definition) is 3. The zero-order chi connectivity index (χ0) is 16.4. The van der Waals surface area contributed by atoms with Gasteiger partial charge in [-0.15, -0.1) is 0 Å². The minimum atomic E-state index is 0.0399. The molecule has 2 aromatic rings. The third-order valence-corrected chi connectivity index (χ3v) is 5.59. The van der Waals surface area contributed by atoms with Gasteiger partial charge in [0.2, 0.25) is 0 Å². The molecule has 23 heavy (non-hydrogen) atoms. The molecule has 0 N–H and O–H groups in total. The van der Waals surface area contributed by atoms with E-state index in [9.17, 15) is 4.79 Å². The molecule has 3 heterocycles. The molecule has 0 spiro atoms. The standard InChI is InChI=1S/C17H21BrN4O/c1-16(2)5-12-6-17(3,9-16)10-21(12)15(23)13-4-14-19-7-11(18)8-22(14)20-13/h4,7-8,12H,5-6,9-10H2,1-3H3/t12-,17-/m1/s1. The lowest BCUT2D eigenvalue weighted by molar-refractivity contribution is 0.0702. The van der Waals surface area contributed by atoms with E-state index in [4.69, 9.17) is 0 Å². The van der Waals surface area contributed by atoms with Crippen molar-refractivity contribution >= 4 is 27.5 Å². The monoisotopic (exact) mass is 376 g/mol. The maximum absolute atomic E-state index is 13.0. The molecule has 4 rings (SSSR count). The van der Waals surface area contributed by atoms with Gasteiger partial charge in [0.05, 0.1) is 4.47 Å². The van der Waals surface area contributed by atoms with Crippen molar-refractivity contribution in [1.82, 2.24) is 19.5 Å². The fourth-order valence-corrected chi connectivity index (χ4v) is 5.10. The van der Waals surface area contributed by atoms with Gasteiger partial charge in [0, 0.05) is 31.0 Å². The first-order valence-electron chi connectivity index (χ1n) is 8.07. The zero-order valence-electron chi connectivity index (χ0n) is 13.7. The number of halogens is 1. The minimum absolute atomic E-state index is 0.0399. The smallest absolute Gasteiger partial charge is 0.274 e. The highest BCUT2D eigenvalue weighted by atomic mass is 79.9. The largest absolute Gasteiger partial charge is 0.334 e. The quantitative estimate of drug-likeness (QED) is 0.764. The van der Waals surface area contributed by atoms with Crippen LogP contribution in [-0.4, -0.2) is 38.0 Å². The summed E-state index contributed by atoms with van der Waals surface area (Å²) in [6, 6.07) is 2.12. The van der Waals surface area contributed by atoms with Gasteiger partial charge in [-0.25, -0.2) is 9.50 Å². The van der Waals surface area contributed by atoms with Crippen LogP contribution in [0.2, 0.25) is 0 Å². The average molecular weight is 377 g/mol. The van der Waals surface area contributed by atoms with Crippen molar-refractivity contribution in [1.29, 1.82) is 0 Å². The summed E-state index contributed by atoms with van der Waals surface area (Å²) in [6.07, 6.45) is 6.91. The number of fused-ring (bicyclic) bond motifs is 3. The van der Waals surface area contributed by atoms with Crippen LogP contribution in [0.4, 0.5) is 0 Å². The highest BCUT2D eigenvalue weighted by molar-refractivity contribution is 9.10. The van der Waals surface area contributed by atoms with E-state index < -0.39 is 0 Å². The highest BCUT2D eigenvalue weighted by Crippen LogP contribution is 2.52. The molecule has 2 atom stereocenters. The van der Waals surface area contributed by atoms with Crippen LogP contribution in [0.15, 0.2) is 22.9 Å². The first kappa shape index (κ1) is 15.1. The first-order valence-corrected chi connectivity index (χ1v) is 8.86. The van der Waals surface area contributed by atoms with Gasteiger partial charge in [0.1, 0.15) is 0 Å². The molecule has 1 amide bonds. The number of nitrogens with zero attached hydrogens (tertiary/aromatic N) is 4. The Morgan fingerprint density at radius 1 is 1.35 bits per heavy atom. The Balaban J connectivity index is 1.66. The molecule has 0 radical (unpaired) electrons. The number of carbonyl (C=O) groups is 1. The van der Waals surface area contributed by atoms with Crippen LogP contribution in [0.1, 0.15) is 50.5 Å². The second-order valence-electron chi connectivity index (χ2n) is 8.25. The summed E-state index contributed by atoms with van der Waals surface area (Å²) in [5.41, 5.74) is 1.73. The second kappa shape index (κ2) is 4.79. The van der Waals surface area contributed by atoms with Crippen LogP contribution in [0, 0.1) is 10.8 Å². The van der Waals surface area contributed by atoms with Gasteiger partial charge in [-0.1, -0.05) is 20.8 Å². The van der Waals surface area contributed by atoms with Crippen LogP contribution in [0.5, 0.6) is 0 Å². The van der Waals surface area contributed by atoms with Crippen LogP contribution in [0.3, 0.4) is 0 Å². The third kappa shape index (κ3) is 2.57. The number of hydrogen-bond donors (Lipinski definition) is 0. The van der Waals surface area contributed by atoms with Gasteiger partial charge in [0.25, 0.3) is 5.91 Å². The molecular weight excluding hydrogens is 356 g/mol. The predicted octanol–water partition coefficient (Wildman–Crippen LogP) is 3.53. The maximum Gasteiger partial charge on any atom is 0.274 e. The van der Waals surface area contributed by atoms with Crippen LogP contribution in [-0.2, 0) is 0 Å². The minimum Gasteiger partial charge on any atom is -0.334 e. The molecule has 1 aliphatic carbocycles. The van der Waals surface area contributed by atoms with Crippen molar-refractivity contribution in [3.63, 3.8) is 0 Å². The molecular formula is C17H21BrN4O. The molecule has 2 aliphatic rings. The van der Waals surface area contributed by atoms with Gasteiger partial charge in [0.15, 0.2) is 11.3 Å². The summed E-state index contributed by atoms with van der Waals surface area (Å²) < 4.78 is 2.50. The fraction of sp³-hybridized carbons (Fsp3) is 0.588. The molecule has 122 valence electrons. The van der Waals surface area contributed by atoms with Crippen LogP contribution >= 0.6 is 15.9 Å². The van der Waals surface area contributed by atoms with Gasteiger partial charge in [-0.05, 0) is 46.0 Å². The summed E-state index contributed by atoms with van der Waals surface area (Å²) in [5.74, 6) is 0.0399. The zero-order valence-corrected chi connectivity index (χ0v) is 15.3. The van der Waals surface area contributed by atoms with Crippen molar-refractivity contribution in [3.8, 4) is 0 Å². The summed E-state index contributed by atoms with van der Waals surface area (Å²) in [4.78, 5) is 19.4. The van der Waals surface area contributed by atoms with Gasteiger partial charge >= 0.3 is 0 Å². The Morgan fingerprint density at radius 2 is 2.13 bits per heavy atom. The van der Waals surface area contributed by atoms with Crippen LogP contribution in [0.25, 0.3) is 5.65 Å². The Labute approximate surface area is 144 Å². The van der Waals surface area contributed by atoms with E-state index >= 15 is 0 Å². The molecule has 1 saturated heterocycles. The van der Waals surface area contributed by atoms with E-state index in [0.29, 0.717) is 22.8 Å². The molecule has 2 fully saturated rings. The normalized spacial score (nSPS) is 29.2. The first-order chi connectivity index (χ1) is 10.7. The summed E-state index contributed by atoms with van der Waals surface area (Å²) >= 11 is 3.38. The van der Waals surface area contributed by atoms with Gasteiger partial charge in [-0.2, -0.15) is 5.10 Å². The van der Waals surface area contributed by atoms with E-state index in [1.807, 2.05) is 11.1 Å². The fourth-order valence-electron chi connectivity index (χ4n) is 4.80. The second-order valence-corrected chi connectivity index (χ2v) is 9.17. The summed E-state index contributed by atoms with van der Waals surface area (Å²) in [6.45, 7) is 7.79. The summed E-state index contributed by atoms with van der Waals surface area (Å²) in [7, 11) is 0. The van der Waals surface area contributed by atoms with Crippen molar-refractivity contribution < 1.29 is 4.79 Å². The Bertz CT molecular complexity index is 799. The van der Waals surface area contributed by atoms with Crippen molar-refractivity contribution in [2.24, 2.45) is 10.8 Å². The molecule has 1 saturated carbocycles. The Morgan fingerprint density at radius 3 is 2.91 bits per heavy atom. The van der Waals surface area contributed by atoms with E-state index in [2.05, 4.69) is 46.8 Å². The SMILES string of the molecule is CC1(C)C[C@@H]2C[C@@](C)(CN2C(=O)c2cc3ncc(Br)cn3n2)C1. The molecule has 0 aromatic carbocycles. The number of amides is 1. The molecule has 6 heteroatoms. The van der Waals surface area contributed by atoms with E-state index in [1.165, 1.54) is 6.42 Å². The van der Waals surface area contributed by atoms with Gasteiger partial charge in [-0.3, -0.25) is 4.79 Å². The van der Waals surface area contributed by atoms with Crippen molar-refractivity contribution in [2.75, 3.05) is 6.54 Å². The van der Waals surface area contributed by atoms with E-state index in [-0.39, 0.29) is 11.3 Å².